The molecule has 1 atom stereocenters. The first-order chi connectivity index (χ1) is 20.5. The molecule has 1 N–H and O–H groups in total. The van der Waals surface area contributed by atoms with Crippen molar-refractivity contribution in [2.24, 2.45) is 5.10 Å². The second kappa shape index (κ2) is 12.2. The maximum atomic E-state index is 13.7. The van der Waals surface area contributed by atoms with Crippen LogP contribution in [0, 0.1) is 13.8 Å². The van der Waals surface area contributed by atoms with E-state index in [2.05, 4.69) is 39.8 Å². The Kier molecular flexibility index (Phi) is 8.02. The highest BCUT2D eigenvalue weighted by atomic mass is 32.2. The van der Waals surface area contributed by atoms with E-state index in [4.69, 9.17) is 9.52 Å². The van der Waals surface area contributed by atoms with Gasteiger partial charge in [0.25, 0.3) is 11.8 Å². The molecular weight excluding hydrogens is 569 g/mol. The molecule has 5 aromatic rings. The maximum absolute atomic E-state index is 13.7. The molecule has 0 bridgehead atoms. The third-order valence-electron chi connectivity index (χ3n) is 6.87. The molecule has 1 aliphatic heterocycles. The molecule has 1 unspecified atom stereocenters. The molecule has 11 heteroatoms. The van der Waals surface area contributed by atoms with Gasteiger partial charge in [0.15, 0.2) is 16.7 Å². The van der Waals surface area contributed by atoms with Crippen molar-refractivity contribution in [1.29, 1.82) is 0 Å². The van der Waals surface area contributed by atoms with Crippen molar-refractivity contribution in [2.45, 2.75) is 38.0 Å². The van der Waals surface area contributed by atoms with Gasteiger partial charge >= 0.3 is 0 Å². The predicted molar refractivity (Wildman–Crippen MR) is 163 cm³/mol. The quantitative estimate of drug-likeness (QED) is 0.211. The zero-order valence-corrected chi connectivity index (χ0v) is 24.7. The van der Waals surface area contributed by atoms with Gasteiger partial charge in [-0.25, -0.2) is 5.01 Å². The molecular formula is C31H28N6O3S2. The van der Waals surface area contributed by atoms with Crippen LogP contribution in [0.15, 0.2) is 99.1 Å². The highest BCUT2D eigenvalue weighted by Crippen LogP contribution is 2.35. The number of thiophene rings is 1. The number of hydrogen-bond donors (Lipinski definition) is 1. The van der Waals surface area contributed by atoms with Crippen LogP contribution in [-0.4, -0.2) is 43.1 Å². The van der Waals surface area contributed by atoms with E-state index in [0.717, 1.165) is 33.0 Å². The maximum Gasteiger partial charge on any atom is 0.287 e. The minimum atomic E-state index is -0.348. The molecule has 6 rings (SSSR count). The van der Waals surface area contributed by atoms with Crippen molar-refractivity contribution in [3.8, 4) is 5.69 Å². The smallest absolute Gasteiger partial charge is 0.287 e. The molecule has 212 valence electrons. The van der Waals surface area contributed by atoms with Crippen LogP contribution < -0.4 is 5.32 Å². The minimum absolute atomic E-state index is 0.117. The summed E-state index contributed by atoms with van der Waals surface area (Å²) in [6, 6.07) is 23.3. The zero-order valence-electron chi connectivity index (χ0n) is 23.1. The summed E-state index contributed by atoms with van der Waals surface area (Å²) in [7, 11) is 0. The molecule has 42 heavy (non-hydrogen) atoms. The van der Waals surface area contributed by atoms with Gasteiger partial charge in [0.05, 0.1) is 35.2 Å². The summed E-state index contributed by atoms with van der Waals surface area (Å²) in [4.78, 5) is 27.3. The fourth-order valence-electron chi connectivity index (χ4n) is 4.76. The number of aryl methyl sites for hydroxylation is 2. The lowest BCUT2D eigenvalue weighted by molar-refractivity contribution is -0.130. The standard InChI is InChI=1S/C31H28N6O3S2/c1-20-10-12-22(13-11-20)25-17-24(27-9-5-15-41-27)35-37(25)29(38)19-42-31-34-33-28(18-32-30(39)26-8-4-14-40-26)36(31)23-7-3-6-21(2)16-23/h3-16,25H,17-19H2,1-2H3,(H,32,39). The number of benzene rings is 2. The lowest BCUT2D eigenvalue weighted by Crippen LogP contribution is -2.28. The van der Waals surface area contributed by atoms with E-state index in [0.29, 0.717) is 17.4 Å². The lowest BCUT2D eigenvalue weighted by Gasteiger charge is -2.22. The molecule has 3 aromatic heterocycles. The fraction of sp³-hybridized carbons (Fsp3) is 0.194. The van der Waals surface area contributed by atoms with E-state index >= 15 is 0 Å². The number of carbonyl (C=O) groups is 2. The molecule has 9 nitrogen and oxygen atoms in total. The molecule has 0 spiro atoms. The molecule has 4 heterocycles. The van der Waals surface area contributed by atoms with Crippen molar-refractivity contribution in [3.63, 3.8) is 0 Å². The first kappa shape index (κ1) is 27.7. The van der Waals surface area contributed by atoms with E-state index in [-0.39, 0.29) is 35.9 Å². The Morgan fingerprint density at radius 1 is 1.02 bits per heavy atom. The lowest BCUT2D eigenvalue weighted by atomic mass is 10.00. The second-order valence-electron chi connectivity index (χ2n) is 9.91. The minimum Gasteiger partial charge on any atom is -0.459 e. The van der Waals surface area contributed by atoms with Crippen LogP contribution in [-0.2, 0) is 11.3 Å². The Hall–Kier alpha value is -4.48. The first-order valence-electron chi connectivity index (χ1n) is 13.4. The summed E-state index contributed by atoms with van der Waals surface area (Å²) in [5.41, 5.74) is 5.02. The summed E-state index contributed by atoms with van der Waals surface area (Å²) in [6.45, 7) is 4.18. The number of hydrazone groups is 1. The molecule has 2 amide bonds. The van der Waals surface area contributed by atoms with Gasteiger partial charge in [0.2, 0.25) is 0 Å². The van der Waals surface area contributed by atoms with Crippen molar-refractivity contribution < 1.29 is 14.0 Å². The van der Waals surface area contributed by atoms with Crippen LogP contribution in [0.4, 0.5) is 0 Å². The number of furan rings is 1. The Morgan fingerprint density at radius 2 is 1.88 bits per heavy atom. The number of amides is 2. The summed E-state index contributed by atoms with van der Waals surface area (Å²) in [5, 5.41) is 20.6. The van der Waals surface area contributed by atoms with Crippen LogP contribution in [0.5, 0.6) is 0 Å². The fourth-order valence-corrected chi connectivity index (χ4v) is 6.31. The predicted octanol–water partition coefficient (Wildman–Crippen LogP) is 5.94. The van der Waals surface area contributed by atoms with E-state index in [1.165, 1.54) is 18.0 Å². The van der Waals surface area contributed by atoms with E-state index < -0.39 is 0 Å². The van der Waals surface area contributed by atoms with Crippen LogP contribution in [0.1, 0.15) is 50.4 Å². The van der Waals surface area contributed by atoms with Gasteiger partial charge in [-0.1, -0.05) is 59.8 Å². The first-order valence-corrected chi connectivity index (χ1v) is 15.3. The van der Waals surface area contributed by atoms with Crippen LogP contribution >= 0.6 is 23.1 Å². The van der Waals surface area contributed by atoms with Crippen molar-refractivity contribution in [1.82, 2.24) is 25.1 Å². The number of aromatic nitrogens is 3. The Bertz CT molecular complexity index is 1730. The molecule has 0 aliphatic carbocycles. The zero-order chi connectivity index (χ0) is 29.1. The number of nitrogens with zero attached hydrogens (tertiary/aromatic N) is 5. The van der Waals surface area contributed by atoms with E-state index in [1.54, 1.807) is 28.5 Å². The Balaban J connectivity index is 1.24. The summed E-state index contributed by atoms with van der Waals surface area (Å²) in [5.74, 6) is 0.397. The van der Waals surface area contributed by atoms with E-state index in [1.807, 2.05) is 60.2 Å². The molecule has 1 aliphatic rings. The monoisotopic (exact) mass is 596 g/mol. The molecule has 0 saturated heterocycles. The normalized spacial score (nSPS) is 14.7. The third kappa shape index (κ3) is 5.93. The van der Waals surface area contributed by atoms with Gasteiger partial charge in [0, 0.05) is 12.1 Å². The van der Waals surface area contributed by atoms with Gasteiger partial charge in [-0.15, -0.1) is 21.5 Å². The number of thioether (sulfide) groups is 1. The average Bonchev–Trinajstić information content (AvgIpc) is 3.81. The molecule has 0 fully saturated rings. The van der Waals surface area contributed by atoms with Crippen molar-refractivity contribution >= 4 is 40.6 Å². The van der Waals surface area contributed by atoms with Crippen molar-refractivity contribution in [2.75, 3.05) is 5.75 Å². The molecule has 2 aromatic carbocycles. The van der Waals surface area contributed by atoms with Gasteiger partial charge in [-0.3, -0.25) is 14.2 Å². The average molecular weight is 597 g/mol. The van der Waals surface area contributed by atoms with Gasteiger partial charge in [-0.05, 0) is 60.7 Å². The third-order valence-corrected chi connectivity index (χ3v) is 8.70. The molecule has 0 radical (unpaired) electrons. The SMILES string of the molecule is Cc1ccc(C2CC(c3cccs3)=NN2C(=O)CSc2nnc(CNC(=O)c3ccco3)n2-c2cccc(C)c2)cc1. The number of carbonyl (C=O) groups excluding carboxylic acids is 2. The van der Waals surface area contributed by atoms with Crippen LogP contribution in [0.3, 0.4) is 0 Å². The Labute approximate surface area is 251 Å². The Morgan fingerprint density at radius 3 is 2.62 bits per heavy atom. The highest BCUT2D eigenvalue weighted by molar-refractivity contribution is 7.99. The van der Waals surface area contributed by atoms with Crippen LogP contribution in [0.2, 0.25) is 0 Å². The summed E-state index contributed by atoms with van der Waals surface area (Å²) in [6.07, 6.45) is 2.10. The second-order valence-corrected chi connectivity index (χ2v) is 11.8. The largest absolute Gasteiger partial charge is 0.459 e. The molecule has 0 saturated carbocycles. The van der Waals surface area contributed by atoms with Gasteiger partial charge in [-0.2, -0.15) is 5.10 Å². The highest BCUT2D eigenvalue weighted by Gasteiger charge is 2.33. The topological polar surface area (TPSA) is 106 Å². The van der Waals surface area contributed by atoms with Crippen molar-refractivity contribution in [3.05, 3.63) is 118 Å². The summed E-state index contributed by atoms with van der Waals surface area (Å²) >= 11 is 2.92. The summed E-state index contributed by atoms with van der Waals surface area (Å²) < 4.78 is 7.07. The number of rotatable bonds is 9. The van der Waals surface area contributed by atoms with Crippen LogP contribution in [0.25, 0.3) is 5.69 Å². The number of nitrogens with one attached hydrogen (secondary N) is 1. The number of hydrogen-bond acceptors (Lipinski definition) is 8. The van der Waals surface area contributed by atoms with E-state index in [9.17, 15) is 9.59 Å². The van der Waals surface area contributed by atoms with Gasteiger partial charge < -0.3 is 9.73 Å². The van der Waals surface area contributed by atoms with Gasteiger partial charge in [0.1, 0.15) is 0 Å².